The molecule has 23 nitrogen and oxygen atoms in total. The van der Waals surface area contributed by atoms with Crippen molar-refractivity contribution < 1.29 is 71.6 Å². The van der Waals surface area contributed by atoms with Gasteiger partial charge in [-0.05, 0) is 126 Å². The Morgan fingerprint density at radius 2 is 0.549 bits per heavy atom. The van der Waals surface area contributed by atoms with Gasteiger partial charge in [-0.25, -0.2) is 28.8 Å². The van der Waals surface area contributed by atoms with E-state index in [1.807, 2.05) is 127 Å². The van der Waals surface area contributed by atoms with Crippen LogP contribution in [0.4, 0.5) is 24.0 Å². The van der Waals surface area contributed by atoms with E-state index in [1.54, 1.807) is 45.0 Å². The first kappa shape index (κ1) is 72.1. The predicted molar refractivity (Wildman–Crippen MR) is 339 cm³/mol. The van der Waals surface area contributed by atoms with Gasteiger partial charge >= 0.3 is 36.4 Å². The van der Waals surface area contributed by atoms with E-state index < -0.39 is 83.9 Å². The smallest absolute Gasteiger partial charge is 0.408 e. The van der Waals surface area contributed by atoms with Gasteiger partial charge in [0.05, 0.1) is 0 Å². The quantitative estimate of drug-likeness (QED) is 0.0104. The summed E-state index contributed by atoms with van der Waals surface area (Å²) in [5.74, 6) is -3.04. The molecule has 5 rings (SSSR count). The van der Waals surface area contributed by atoms with Crippen molar-refractivity contribution >= 4 is 54.2 Å². The molecular formula is C68H88N8O15. The van der Waals surface area contributed by atoms with E-state index in [-0.39, 0.29) is 97.7 Å². The normalized spacial score (nSPS) is 12.2. The standard InChI is InChI=1S/C68H88N8O15/c1-68(2,3)91-67(85)76-57(39-21-25-43-71-65(83)89-48-53-33-15-7-16-34-53)61(79)74-55(37-19-23-41-69-63(81)87-46-51-29-11-5-12-30-51)59(77)73-56(38-20-24-42-70-64(82)88-47-52-31-13-6-14-32-52)60(78)75-58(62(80)86-45-50-27-9-4-10-28-50)40-22-26-44-72-66(84)90-49-54-35-17-8-18-36-54/h4-18,27-36,55-58H,19-26,37-49H2,1-3H3,(H,69,81)(H,70,82)(H,71,83)(H,72,84)(H,73,77)(H,74,79)(H,75,78)(H,76,85)/t55-,56-,57-,58-/m0/s1. The minimum absolute atomic E-state index is 0.00848. The summed E-state index contributed by atoms with van der Waals surface area (Å²) >= 11 is 0. The molecule has 0 aliphatic heterocycles. The number of nitrogens with one attached hydrogen (secondary N) is 8. The highest BCUT2D eigenvalue weighted by Gasteiger charge is 2.32. The van der Waals surface area contributed by atoms with Crippen LogP contribution in [0.1, 0.15) is 126 Å². The molecule has 23 heteroatoms. The third-order valence-electron chi connectivity index (χ3n) is 13.7. The molecule has 0 aliphatic rings. The average Bonchev–Trinajstić information content (AvgIpc) is 3.65. The van der Waals surface area contributed by atoms with Gasteiger partial charge in [0.15, 0.2) is 0 Å². The van der Waals surface area contributed by atoms with Crippen LogP contribution in [-0.4, -0.2) is 110 Å². The van der Waals surface area contributed by atoms with Crippen LogP contribution in [0.5, 0.6) is 0 Å². The van der Waals surface area contributed by atoms with Gasteiger partial charge in [-0.3, -0.25) is 14.4 Å². The number of amides is 8. The first-order chi connectivity index (χ1) is 44.0. The molecule has 0 heterocycles. The molecule has 0 saturated heterocycles. The molecule has 0 fully saturated rings. The van der Waals surface area contributed by atoms with Gasteiger partial charge in [0, 0.05) is 26.2 Å². The molecule has 0 saturated carbocycles. The summed E-state index contributed by atoms with van der Waals surface area (Å²) in [7, 11) is 0. The fraction of sp³-hybridized carbons (Fsp3) is 0.426. The number of esters is 1. The number of benzene rings is 5. The molecule has 8 N–H and O–H groups in total. The number of ether oxygens (including phenoxy) is 6. The van der Waals surface area contributed by atoms with Crippen LogP contribution < -0.4 is 42.5 Å². The van der Waals surface area contributed by atoms with Gasteiger partial charge in [-0.15, -0.1) is 0 Å². The second kappa shape index (κ2) is 41.5. The van der Waals surface area contributed by atoms with Crippen LogP contribution in [0.3, 0.4) is 0 Å². The van der Waals surface area contributed by atoms with Crippen LogP contribution in [0.25, 0.3) is 0 Å². The Balaban J connectivity index is 1.32. The van der Waals surface area contributed by atoms with Crippen molar-refractivity contribution in [2.45, 2.75) is 161 Å². The minimum atomic E-state index is -1.34. The van der Waals surface area contributed by atoms with E-state index >= 15 is 0 Å². The van der Waals surface area contributed by atoms with E-state index in [1.165, 1.54) is 0 Å². The molecule has 8 amide bonds. The monoisotopic (exact) mass is 1260 g/mol. The van der Waals surface area contributed by atoms with Crippen molar-refractivity contribution in [1.29, 1.82) is 0 Å². The van der Waals surface area contributed by atoms with Gasteiger partial charge in [-0.1, -0.05) is 152 Å². The zero-order chi connectivity index (χ0) is 65.3. The molecule has 0 bridgehead atoms. The Morgan fingerprint density at radius 3 is 0.824 bits per heavy atom. The second-order valence-corrected chi connectivity index (χ2v) is 22.4. The number of carbonyl (C=O) groups is 9. The maximum atomic E-state index is 14.8. The lowest BCUT2D eigenvalue weighted by Gasteiger charge is -2.27. The first-order valence-electron chi connectivity index (χ1n) is 30.9. The lowest BCUT2D eigenvalue weighted by molar-refractivity contribution is -0.149. The Bertz CT molecular complexity index is 2980. The van der Waals surface area contributed by atoms with Crippen LogP contribution in [0.2, 0.25) is 0 Å². The first-order valence-corrected chi connectivity index (χ1v) is 30.9. The van der Waals surface area contributed by atoms with Gasteiger partial charge in [-0.2, -0.15) is 0 Å². The fourth-order valence-electron chi connectivity index (χ4n) is 8.90. The molecule has 5 aromatic rings. The van der Waals surface area contributed by atoms with E-state index in [2.05, 4.69) is 42.5 Å². The Morgan fingerprint density at radius 1 is 0.308 bits per heavy atom. The summed E-state index contributed by atoms with van der Waals surface area (Å²) in [6.45, 7) is 5.78. The molecule has 5 aromatic carbocycles. The number of alkyl carbamates (subject to hydrolysis) is 5. The Labute approximate surface area is 532 Å². The summed E-state index contributed by atoms with van der Waals surface area (Å²) in [6, 6.07) is 40.4. The number of unbranched alkanes of at least 4 members (excludes halogenated alkanes) is 4. The van der Waals surface area contributed by atoms with E-state index in [0.717, 1.165) is 22.3 Å². The van der Waals surface area contributed by atoms with Crippen LogP contribution in [0.15, 0.2) is 152 Å². The summed E-state index contributed by atoms with van der Waals surface area (Å²) < 4.78 is 32.6. The molecule has 0 aliphatic carbocycles. The third-order valence-corrected chi connectivity index (χ3v) is 13.7. The number of carbonyl (C=O) groups excluding carboxylic acids is 9. The largest absolute Gasteiger partial charge is 0.459 e. The predicted octanol–water partition coefficient (Wildman–Crippen LogP) is 9.46. The number of rotatable bonds is 38. The van der Waals surface area contributed by atoms with Gasteiger partial charge in [0.1, 0.15) is 62.8 Å². The van der Waals surface area contributed by atoms with Crippen molar-refractivity contribution in [3.05, 3.63) is 179 Å². The van der Waals surface area contributed by atoms with E-state index in [0.29, 0.717) is 44.1 Å². The van der Waals surface area contributed by atoms with Crippen molar-refractivity contribution in [3.8, 4) is 0 Å². The highest BCUT2D eigenvalue weighted by molar-refractivity contribution is 5.95. The topological polar surface area (TPSA) is 305 Å². The second-order valence-electron chi connectivity index (χ2n) is 22.4. The van der Waals surface area contributed by atoms with Crippen LogP contribution in [0, 0.1) is 0 Å². The summed E-state index contributed by atoms with van der Waals surface area (Å²) in [6.07, 6.45) is -0.824. The fourth-order valence-corrected chi connectivity index (χ4v) is 8.90. The van der Waals surface area contributed by atoms with Crippen molar-refractivity contribution in [2.75, 3.05) is 26.2 Å². The zero-order valence-electron chi connectivity index (χ0n) is 52.2. The Hall–Kier alpha value is -9.67. The molecule has 0 unspecified atom stereocenters. The van der Waals surface area contributed by atoms with Crippen molar-refractivity contribution in [1.82, 2.24) is 42.5 Å². The van der Waals surface area contributed by atoms with E-state index in [9.17, 15) is 43.2 Å². The molecule has 0 aromatic heterocycles. The van der Waals surface area contributed by atoms with Gasteiger partial charge in [0.2, 0.25) is 17.7 Å². The third kappa shape index (κ3) is 31.9. The van der Waals surface area contributed by atoms with Crippen LogP contribution >= 0.6 is 0 Å². The lowest BCUT2D eigenvalue weighted by atomic mass is 10.0. The SMILES string of the molecule is CC(C)(C)OC(=O)N[C@@H](CCCCNC(=O)OCc1ccccc1)C(=O)N[C@@H](CCCCNC(=O)OCc1ccccc1)C(=O)N[C@@H](CCCCNC(=O)OCc1ccccc1)C(=O)N[C@@H](CCCCNC(=O)OCc1ccccc1)C(=O)OCc1ccccc1. The van der Waals surface area contributed by atoms with E-state index in [4.69, 9.17) is 28.4 Å². The van der Waals surface area contributed by atoms with Gasteiger partial charge < -0.3 is 71.0 Å². The van der Waals surface area contributed by atoms with Crippen molar-refractivity contribution in [3.63, 3.8) is 0 Å². The molecule has 0 spiro atoms. The molecule has 0 radical (unpaired) electrons. The highest BCUT2D eigenvalue weighted by Crippen LogP contribution is 2.14. The maximum Gasteiger partial charge on any atom is 0.408 e. The molecule has 490 valence electrons. The molecule has 4 atom stereocenters. The highest BCUT2D eigenvalue weighted by atomic mass is 16.6. The number of hydrogen-bond acceptors (Lipinski definition) is 15. The summed E-state index contributed by atoms with van der Waals surface area (Å²) in [5, 5.41) is 21.9. The summed E-state index contributed by atoms with van der Waals surface area (Å²) in [5.41, 5.74) is 2.97. The number of hydrogen-bond donors (Lipinski definition) is 8. The average molecular weight is 1260 g/mol. The van der Waals surface area contributed by atoms with Gasteiger partial charge in [0.25, 0.3) is 0 Å². The Kier molecular flexibility index (Phi) is 32.9. The zero-order valence-corrected chi connectivity index (χ0v) is 52.2. The summed E-state index contributed by atoms with van der Waals surface area (Å²) in [4.78, 5) is 122. The molecule has 91 heavy (non-hydrogen) atoms. The van der Waals surface area contributed by atoms with Crippen LogP contribution in [-0.2, 0) is 80.6 Å². The lowest BCUT2D eigenvalue weighted by Crippen LogP contribution is -2.58. The maximum absolute atomic E-state index is 14.8. The minimum Gasteiger partial charge on any atom is -0.459 e. The van der Waals surface area contributed by atoms with Crippen molar-refractivity contribution in [2.24, 2.45) is 0 Å². The molecular weight excluding hydrogens is 1170 g/mol.